The van der Waals surface area contributed by atoms with E-state index < -0.39 is 16.9 Å². The van der Waals surface area contributed by atoms with E-state index in [0.29, 0.717) is 5.69 Å². The Labute approximate surface area is 123 Å². The average Bonchev–Trinajstić information content (AvgIpc) is 2.78. The largest absolute Gasteiger partial charge is 0.350 e. The highest BCUT2D eigenvalue weighted by Crippen LogP contribution is 2.11. The van der Waals surface area contributed by atoms with Crippen molar-refractivity contribution in [2.75, 3.05) is 5.01 Å². The lowest BCUT2D eigenvalue weighted by Gasteiger charge is -2.12. The van der Waals surface area contributed by atoms with E-state index in [1.54, 1.807) is 24.3 Å². The molecule has 0 atom stereocenters. The Bertz CT molecular complexity index is 955. The minimum atomic E-state index is -0.907. The Hall–Kier alpha value is -3.35. The van der Waals surface area contributed by atoms with Gasteiger partial charge in [-0.25, -0.2) is 4.79 Å². The maximum absolute atomic E-state index is 12.3. The van der Waals surface area contributed by atoms with Crippen LogP contribution in [0.25, 0.3) is 10.8 Å². The van der Waals surface area contributed by atoms with Crippen molar-refractivity contribution in [3.63, 3.8) is 0 Å². The molecule has 0 aliphatic heterocycles. The minimum Gasteiger partial charge on any atom is -0.350 e. The van der Waals surface area contributed by atoms with E-state index in [-0.39, 0.29) is 16.1 Å². The molecule has 3 aromatic rings. The third-order valence-electron chi connectivity index (χ3n) is 3.16. The van der Waals surface area contributed by atoms with Crippen LogP contribution in [-0.4, -0.2) is 11.0 Å². The number of primary amides is 1. The molecule has 108 valence electrons. The second kappa shape index (κ2) is 5.21. The molecule has 0 aliphatic rings. The van der Waals surface area contributed by atoms with Gasteiger partial charge in [0, 0.05) is 23.2 Å². The summed E-state index contributed by atoms with van der Waals surface area (Å²) in [6, 6.07) is 8.47. The van der Waals surface area contributed by atoms with Gasteiger partial charge in [-0.15, -0.1) is 0 Å². The van der Waals surface area contributed by atoms with Crippen LogP contribution in [0, 0.1) is 0 Å². The third-order valence-corrected chi connectivity index (χ3v) is 3.16. The van der Waals surface area contributed by atoms with Crippen molar-refractivity contribution < 1.29 is 4.79 Å². The number of hydrogen-bond donors (Lipinski definition) is 1. The lowest BCUT2D eigenvalue weighted by molar-refractivity contribution is 0.254. The number of aromatic nitrogens is 1. The molecule has 0 bridgehead atoms. The fourth-order valence-electron chi connectivity index (χ4n) is 2.15. The molecule has 2 N–H and O–H groups in total. The first-order valence-electron chi connectivity index (χ1n) is 6.36. The summed E-state index contributed by atoms with van der Waals surface area (Å²) in [4.78, 5) is 39.9. The van der Waals surface area contributed by atoms with Crippen LogP contribution in [0.4, 0.5) is 10.5 Å². The maximum Gasteiger partial charge on any atom is 0.340 e. The molecule has 1 heterocycles. The third kappa shape index (κ3) is 2.14. The number of hydrogen-bond acceptors (Lipinski definition) is 5. The SMILES string of the molecule is NC(=O)N(N=c1c(=O)c2ccccc2c1=O)c1ccncc1. The van der Waals surface area contributed by atoms with Crippen molar-refractivity contribution in [1.29, 1.82) is 0 Å². The summed E-state index contributed by atoms with van der Waals surface area (Å²) in [6.07, 6.45) is 2.89. The molecular formula is C15H10N4O3. The van der Waals surface area contributed by atoms with Gasteiger partial charge in [0.1, 0.15) is 0 Å². The molecule has 7 nitrogen and oxygen atoms in total. The highest BCUT2D eigenvalue weighted by Gasteiger charge is 2.15. The average molecular weight is 294 g/mol. The molecule has 0 radical (unpaired) electrons. The maximum atomic E-state index is 12.3. The van der Waals surface area contributed by atoms with Crippen molar-refractivity contribution in [2.45, 2.75) is 0 Å². The van der Waals surface area contributed by atoms with Crippen LogP contribution in [0.5, 0.6) is 0 Å². The number of carbonyl (C=O) groups is 1. The highest BCUT2D eigenvalue weighted by molar-refractivity contribution is 5.90. The normalized spacial score (nSPS) is 10.5. The van der Waals surface area contributed by atoms with Crippen LogP contribution in [-0.2, 0) is 0 Å². The van der Waals surface area contributed by atoms with Gasteiger partial charge >= 0.3 is 6.03 Å². The summed E-state index contributed by atoms with van der Waals surface area (Å²) in [5, 5.41) is 4.88. The van der Waals surface area contributed by atoms with Crippen LogP contribution in [0.1, 0.15) is 0 Å². The van der Waals surface area contributed by atoms with Crippen LogP contribution in [0.3, 0.4) is 0 Å². The number of carbonyl (C=O) groups excluding carboxylic acids is 1. The summed E-state index contributed by atoms with van der Waals surface area (Å²) >= 11 is 0. The Morgan fingerprint density at radius 3 is 2.05 bits per heavy atom. The number of urea groups is 1. The Morgan fingerprint density at radius 2 is 1.55 bits per heavy atom. The molecule has 0 unspecified atom stereocenters. The van der Waals surface area contributed by atoms with E-state index in [4.69, 9.17) is 5.73 Å². The van der Waals surface area contributed by atoms with Crippen LogP contribution < -0.4 is 27.0 Å². The number of anilines is 1. The van der Waals surface area contributed by atoms with Gasteiger partial charge in [-0.1, -0.05) is 24.3 Å². The van der Waals surface area contributed by atoms with E-state index >= 15 is 0 Å². The standard InChI is InChI=1S/C15H10N4O3/c16-15(22)19(9-5-7-17-8-6-9)18-12-13(20)10-3-1-2-4-11(10)14(12)21/h1-8H,(H2,16,22). The first-order chi connectivity index (χ1) is 10.6. The van der Waals surface area contributed by atoms with Gasteiger partial charge in [0.05, 0.1) is 5.69 Å². The van der Waals surface area contributed by atoms with Gasteiger partial charge in [-0.3, -0.25) is 14.6 Å². The molecule has 7 heteroatoms. The molecule has 2 amide bonds. The van der Waals surface area contributed by atoms with Gasteiger partial charge in [-0.2, -0.15) is 10.1 Å². The first-order valence-corrected chi connectivity index (χ1v) is 6.36. The Morgan fingerprint density at radius 1 is 1.00 bits per heavy atom. The smallest absolute Gasteiger partial charge is 0.340 e. The fraction of sp³-hybridized carbons (Fsp3) is 0. The quantitative estimate of drug-likeness (QED) is 0.683. The number of fused-ring (bicyclic) bond motifs is 1. The molecule has 0 fully saturated rings. The van der Waals surface area contributed by atoms with Gasteiger partial charge in [0.25, 0.3) is 0 Å². The van der Waals surface area contributed by atoms with Crippen LogP contribution in [0.15, 0.2) is 63.5 Å². The zero-order valence-corrected chi connectivity index (χ0v) is 11.3. The summed E-state index contributed by atoms with van der Waals surface area (Å²) in [5.74, 6) is 0. The Kier molecular flexibility index (Phi) is 3.23. The van der Waals surface area contributed by atoms with Crippen molar-refractivity contribution in [1.82, 2.24) is 4.98 Å². The van der Waals surface area contributed by atoms with E-state index in [1.807, 2.05) is 0 Å². The minimum absolute atomic E-state index is 0.269. The van der Waals surface area contributed by atoms with Crippen LogP contribution >= 0.6 is 0 Å². The summed E-state index contributed by atoms with van der Waals surface area (Å²) in [6.45, 7) is 0. The van der Waals surface area contributed by atoms with Crippen molar-refractivity contribution in [3.05, 3.63) is 74.6 Å². The second-order valence-corrected chi connectivity index (χ2v) is 4.51. The topological polar surface area (TPSA) is 106 Å². The highest BCUT2D eigenvalue weighted by atomic mass is 16.2. The number of nitrogens with two attached hydrogens (primary N) is 1. The zero-order valence-electron chi connectivity index (χ0n) is 11.3. The van der Waals surface area contributed by atoms with Crippen LogP contribution in [0.2, 0.25) is 0 Å². The molecule has 0 spiro atoms. The van der Waals surface area contributed by atoms with Crippen molar-refractivity contribution >= 4 is 22.5 Å². The van der Waals surface area contributed by atoms with E-state index in [0.717, 1.165) is 5.01 Å². The lowest BCUT2D eigenvalue weighted by Crippen LogP contribution is -2.40. The van der Waals surface area contributed by atoms with E-state index in [2.05, 4.69) is 10.1 Å². The second-order valence-electron chi connectivity index (χ2n) is 4.51. The van der Waals surface area contributed by atoms with Gasteiger partial charge in [0.2, 0.25) is 10.9 Å². The van der Waals surface area contributed by atoms with Gasteiger partial charge < -0.3 is 5.73 Å². The first kappa shape index (κ1) is 13.6. The molecule has 1 aromatic heterocycles. The molecule has 0 saturated heterocycles. The number of amides is 2. The van der Waals surface area contributed by atoms with Gasteiger partial charge in [0.15, 0.2) is 5.36 Å². The summed E-state index contributed by atoms with van der Waals surface area (Å²) in [7, 11) is 0. The predicted molar refractivity (Wildman–Crippen MR) is 80.7 cm³/mol. The summed E-state index contributed by atoms with van der Waals surface area (Å²) < 4.78 is 0. The molecule has 0 saturated carbocycles. The molecule has 2 aromatic carbocycles. The van der Waals surface area contributed by atoms with E-state index in [1.165, 1.54) is 24.5 Å². The lowest BCUT2D eigenvalue weighted by atomic mass is 10.2. The number of nitrogens with zero attached hydrogens (tertiary/aromatic N) is 3. The Balaban J connectivity index is 2.29. The zero-order chi connectivity index (χ0) is 15.7. The monoisotopic (exact) mass is 294 g/mol. The number of rotatable bonds is 2. The molecule has 22 heavy (non-hydrogen) atoms. The van der Waals surface area contributed by atoms with Gasteiger partial charge in [-0.05, 0) is 12.1 Å². The predicted octanol–water partition coefficient (Wildman–Crippen LogP) is 0.232. The van der Waals surface area contributed by atoms with Crippen molar-refractivity contribution in [3.8, 4) is 0 Å². The van der Waals surface area contributed by atoms with Crippen molar-refractivity contribution in [2.24, 2.45) is 10.8 Å². The number of pyridine rings is 1. The molecule has 0 aliphatic carbocycles. The van der Waals surface area contributed by atoms with E-state index in [9.17, 15) is 14.4 Å². The number of benzene rings is 1. The summed E-state index contributed by atoms with van der Waals surface area (Å²) in [5.41, 5.74) is 4.54. The fourth-order valence-corrected chi connectivity index (χ4v) is 2.15. The molecule has 3 rings (SSSR count). The molecular weight excluding hydrogens is 284 g/mol.